The third-order valence-electron chi connectivity index (χ3n) is 4.37. The highest BCUT2D eigenvalue weighted by molar-refractivity contribution is 5.89. The number of carbonyl (C=O) groups is 3. The van der Waals surface area contributed by atoms with Gasteiger partial charge in [-0.1, -0.05) is 30.3 Å². The standard InChI is InChI=1S/C20H28N2O5/c1-20(2,3)27-19(26)21-15(12-11-14-8-5-4-6-9-14)17(23)22-13-7-10-16(22)18(24)25/h4-6,8-9,15-16H,7,10-13H2,1-3H3,(H,21,26)(H,24,25)/t15-,16+/m1/s1. The lowest BCUT2D eigenvalue weighted by Gasteiger charge is -2.28. The zero-order chi connectivity index (χ0) is 20.0. The second-order valence-corrected chi connectivity index (χ2v) is 7.75. The number of alkyl carbamates (subject to hydrolysis) is 1. The number of benzene rings is 1. The predicted molar refractivity (Wildman–Crippen MR) is 100 cm³/mol. The van der Waals surface area contributed by atoms with Crippen LogP contribution < -0.4 is 5.32 Å². The topological polar surface area (TPSA) is 95.9 Å². The van der Waals surface area contributed by atoms with Crippen molar-refractivity contribution in [1.29, 1.82) is 0 Å². The van der Waals surface area contributed by atoms with Crippen LogP contribution in [0.5, 0.6) is 0 Å². The van der Waals surface area contributed by atoms with Crippen LogP contribution in [0.1, 0.15) is 45.6 Å². The van der Waals surface area contributed by atoms with Gasteiger partial charge in [-0.05, 0) is 52.0 Å². The molecule has 0 aliphatic carbocycles. The number of rotatable bonds is 6. The minimum atomic E-state index is -1.01. The fourth-order valence-electron chi connectivity index (χ4n) is 3.15. The molecular formula is C20H28N2O5. The molecule has 1 aromatic carbocycles. The van der Waals surface area contributed by atoms with Crippen LogP contribution >= 0.6 is 0 Å². The quantitative estimate of drug-likeness (QED) is 0.796. The van der Waals surface area contributed by atoms with E-state index in [1.165, 1.54) is 4.90 Å². The highest BCUT2D eigenvalue weighted by Crippen LogP contribution is 2.20. The van der Waals surface area contributed by atoms with Gasteiger partial charge >= 0.3 is 12.1 Å². The maximum Gasteiger partial charge on any atom is 0.408 e. The molecule has 7 nitrogen and oxygen atoms in total. The van der Waals surface area contributed by atoms with Crippen molar-refractivity contribution in [2.75, 3.05) is 6.54 Å². The number of nitrogens with zero attached hydrogens (tertiary/aromatic N) is 1. The molecular weight excluding hydrogens is 348 g/mol. The summed E-state index contributed by atoms with van der Waals surface area (Å²) in [7, 11) is 0. The van der Waals surface area contributed by atoms with Crippen LogP contribution in [-0.2, 0) is 20.7 Å². The molecule has 0 spiro atoms. The van der Waals surface area contributed by atoms with Gasteiger partial charge in [-0.15, -0.1) is 0 Å². The van der Waals surface area contributed by atoms with Crippen molar-refractivity contribution < 1.29 is 24.2 Å². The molecule has 1 aliphatic heterocycles. The summed E-state index contributed by atoms with van der Waals surface area (Å²) in [5, 5.41) is 12.0. The van der Waals surface area contributed by atoms with E-state index >= 15 is 0 Å². The van der Waals surface area contributed by atoms with Crippen LogP contribution in [0, 0.1) is 0 Å². The maximum absolute atomic E-state index is 13.0. The predicted octanol–water partition coefficient (Wildman–Crippen LogP) is 2.59. The number of carbonyl (C=O) groups excluding carboxylic acids is 2. The molecule has 0 saturated carbocycles. The Balaban J connectivity index is 2.11. The Kier molecular flexibility index (Phi) is 6.82. The van der Waals surface area contributed by atoms with Crippen molar-refractivity contribution in [3.8, 4) is 0 Å². The van der Waals surface area contributed by atoms with Gasteiger partial charge in [-0.2, -0.15) is 0 Å². The number of nitrogens with one attached hydrogen (secondary N) is 1. The number of aryl methyl sites for hydroxylation is 1. The van der Waals surface area contributed by atoms with E-state index in [2.05, 4.69) is 5.32 Å². The van der Waals surface area contributed by atoms with E-state index in [1.54, 1.807) is 20.8 Å². The number of hydrogen-bond donors (Lipinski definition) is 2. The maximum atomic E-state index is 13.0. The molecule has 0 aromatic heterocycles. The van der Waals surface area contributed by atoms with Gasteiger partial charge in [0, 0.05) is 6.54 Å². The summed E-state index contributed by atoms with van der Waals surface area (Å²) < 4.78 is 5.27. The van der Waals surface area contributed by atoms with Crippen molar-refractivity contribution in [3.05, 3.63) is 35.9 Å². The van der Waals surface area contributed by atoms with E-state index in [9.17, 15) is 19.5 Å². The van der Waals surface area contributed by atoms with E-state index in [-0.39, 0.29) is 5.91 Å². The number of hydrogen-bond acceptors (Lipinski definition) is 4. The summed E-state index contributed by atoms with van der Waals surface area (Å²) >= 11 is 0. The lowest BCUT2D eigenvalue weighted by Crippen LogP contribution is -2.52. The first-order valence-corrected chi connectivity index (χ1v) is 9.24. The first-order chi connectivity index (χ1) is 12.7. The van der Waals surface area contributed by atoms with Crippen LogP contribution in [0.15, 0.2) is 30.3 Å². The number of carboxylic acids is 1. The molecule has 27 heavy (non-hydrogen) atoms. The molecule has 7 heteroatoms. The second-order valence-electron chi connectivity index (χ2n) is 7.75. The molecule has 1 aromatic rings. The summed E-state index contributed by atoms with van der Waals surface area (Å²) in [6, 6.07) is 7.96. The van der Waals surface area contributed by atoms with Crippen LogP contribution in [0.3, 0.4) is 0 Å². The normalized spacial score (nSPS) is 18.0. The Labute approximate surface area is 159 Å². The van der Waals surface area contributed by atoms with E-state index in [0.717, 1.165) is 5.56 Å². The van der Waals surface area contributed by atoms with Crippen LogP contribution in [-0.4, -0.2) is 52.2 Å². The summed E-state index contributed by atoms with van der Waals surface area (Å²) in [5.74, 6) is -1.39. The lowest BCUT2D eigenvalue weighted by atomic mass is 10.0. The highest BCUT2D eigenvalue weighted by Gasteiger charge is 2.37. The third-order valence-corrected chi connectivity index (χ3v) is 4.37. The van der Waals surface area contributed by atoms with E-state index in [4.69, 9.17) is 4.74 Å². The molecule has 1 saturated heterocycles. The largest absolute Gasteiger partial charge is 0.480 e. The Hall–Kier alpha value is -2.57. The monoisotopic (exact) mass is 376 g/mol. The average Bonchev–Trinajstić information content (AvgIpc) is 3.07. The van der Waals surface area contributed by atoms with Gasteiger partial charge in [0.15, 0.2) is 0 Å². The van der Waals surface area contributed by atoms with Gasteiger partial charge < -0.3 is 20.1 Å². The number of likely N-dealkylation sites (tertiary alicyclic amines) is 1. The SMILES string of the molecule is CC(C)(C)OC(=O)N[C@H](CCc1ccccc1)C(=O)N1CCC[C@H]1C(=O)O. The van der Waals surface area contributed by atoms with Gasteiger partial charge in [0.2, 0.25) is 5.91 Å². The Morgan fingerprint density at radius 1 is 1.26 bits per heavy atom. The third kappa shape index (κ3) is 6.27. The summed E-state index contributed by atoms with van der Waals surface area (Å²) in [5.41, 5.74) is 0.353. The highest BCUT2D eigenvalue weighted by atomic mass is 16.6. The van der Waals surface area contributed by atoms with Crippen LogP contribution in [0.4, 0.5) is 4.79 Å². The minimum Gasteiger partial charge on any atom is -0.480 e. The molecule has 0 unspecified atom stereocenters. The lowest BCUT2D eigenvalue weighted by molar-refractivity contribution is -0.149. The second kappa shape index (κ2) is 8.88. The molecule has 0 bridgehead atoms. The molecule has 1 fully saturated rings. The smallest absolute Gasteiger partial charge is 0.408 e. The first-order valence-electron chi connectivity index (χ1n) is 9.24. The molecule has 1 heterocycles. The zero-order valence-corrected chi connectivity index (χ0v) is 16.1. The van der Waals surface area contributed by atoms with Crippen molar-refractivity contribution in [2.24, 2.45) is 0 Å². The summed E-state index contributed by atoms with van der Waals surface area (Å²) in [4.78, 5) is 37.9. The number of aliphatic carboxylic acids is 1. The molecule has 0 radical (unpaired) electrons. The number of ether oxygens (including phenoxy) is 1. The van der Waals surface area contributed by atoms with Crippen molar-refractivity contribution in [2.45, 2.75) is 64.1 Å². The molecule has 2 atom stereocenters. The average molecular weight is 376 g/mol. The molecule has 148 valence electrons. The Morgan fingerprint density at radius 3 is 2.52 bits per heavy atom. The van der Waals surface area contributed by atoms with Gasteiger partial charge in [-0.3, -0.25) is 4.79 Å². The van der Waals surface area contributed by atoms with E-state index < -0.39 is 29.7 Å². The Bertz CT molecular complexity index is 669. The Morgan fingerprint density at radius 2 is 1.93 bits per heavy atom. The number of amides is 2. The van der Waals surface area contributed by atoms with Gasteiger partial charge in [0.1, 0.15) is 17.7 Å². The summed E-state index contributed by atoms with van der Waals surface area (Å²) in [6.07, 6.45) is 1.34. The first kappa shape index (κ1) is 20.7. The van der Waals surface area contributed by atoms with E-state index in [0.29, 0.717) is 32.2 Å². The molecule has 2 rings (SSSR count). The fraction of sp³-hybridized carbons (Fsp3) is 0.550. The van der Waals surface area contributed by atoms with Crippen LogP contribution in [0.25, 0.3) is 0 Å². The van der Waals surface area contributed by atoms with Gasteiger partial charge in [-0.25, -0.2) is 9.59 Å². The fourth-order valence-corrected chi connectivity index (χ4v) is 3.15. The van der Waals surface area contributed by atoms with Crippen molar-refractivity contribution in [1.82, 2.24) is 10.2 Å². The minimum absolute atomic E-state index is 0.366. The number of carboxylic acid groups (broad SMARTS) is 1. The van der Waals surface area contributed by atoms with Crippen molar-refractivity contribution >= 4 is 18.0 Å². The summed E-state index contributed by atoms with van der Waals surface area (Å²) in [6.45, 7) is 5.62. The molecule has 1 aliphatic rings. The van der Waals surface area contributed by atoms with Crippen LogP contribution in [0.2, 0.25) is 0 Å². The molecule has 2 N–H and O–H groups in total. The van der Waals surface area contributed by atoms with Crippen molar-refractivity contribution in [3.63, 3.8) is 0 Å². The zero-order valence-electron chi connectivity index (χ0n) is 16.1. The van der Waals surface area contributed by atoms with E-state index in [1.807, 2.05) is 30.3 Å². The molecule has 2 amide bonds. The van der Waals surface area contributed by atoms with Gasteiger partial charge in [0.05, 0.1) is 0 Å². The van der Waals surface area contributed by atoms with Gasteiger partial charge in [0.25, 0.3) is 0 Å².